The van der Waals surface area contributed by atoms with E-state index in [-0.39, 0.29) is 17.7 Å². The molecule has 1 aliphatic rings. The van der Waals surface area contributed by atoms with Gasteiger partial charge in [-0.3, -0.25) is 9.59 Å². The van der Waals surface area contributed by atoms with Crippen molar-refractivity contribution in [3.63, 3.8) is 0 Å². The van der Waals surface area contributed by atoms with Gasteiger partial charge in [0.15, 0.2) is 0 Å². The van der Waals surface area contributed by atoms with Gasteiger partial charge in [0, 0.05) is 21.6 Å². The third-order valence-corrected chi connectivity index (χ3v) is 5.17. The zero-order chi connectivity index (χ0) is 19.1. The van der Waals surface area contributed by atoms with Crippen molar-refractivity contribution in [3.05, 3.63) is 64.1 Å². The number of rotatable bonds is 5. The van der Waals surface area contributed by atoms with Crippen molar-refractivity contribution in [2.45, 2.75) is 32.1 Å². The first-order chi connectivity index (χ1) is 13.1. The van der Waals surface area contributed by atoms with Gasteiger partial charge >= 0.3 is 0 Å². The van der Waals surface area contributed by atoms with E-state index in [1.54, 1.807) is 30.5 Å². The normalized spacial score (nSPS) is 14.9. The molecule has 2 amide bonds. The van der Waals surface area contributed by atoms with Crippen LogP contribution in [0.25, 0.3) is 0 Å². The summed E-state index contributed by atoms with van der Waals surface area (Å²) in [7, 11) is 0. The van der Waals surface area contributed by atoms with Crippen LogP contribution in [0.2, 0.25) is 0 Å². The minimum atomic E-state index is -0.298. The summed E-state index contributed by atoms with van der Waals surface area (Å²) in [5, 5.41) is 6.91. The fraction of sp³-hybridized carbons (Fsp3) is 0.286. The lowest BCUT2D eigenvalue weighted by Gasteiger charge is -2.20. The molecule has 0 unspecified atom stereocenters. The van der Waals surface area contributed by atoms with Gasteiger partial charge in [0.25, 0.3) is 5.91 Å². The number of hydrogen-bond donors (Lipinski definition) is 2. The monoisotopic (exact) mass is 427 g/mol. The van der Waals surface area contributed by atoms with Crippen molar-refractivity contribution < 1.29 is 9.59 Å². The topological polar surface area (TPSA) is 70.6 Å². The second-order valence-electron chi connectivity index (χ2n) is 6.65. The molecule has 0 heterocycles. The van der Waals surface area contributed by atoms with Gasteiger partial charge in [-0.25, -0.2) is 5.43 Å². The summed E-state index contributed by atoms with van der Waals surface area (Å²) in [6.45, 7) is 0. The number of nitrogens with zero attached hydrogens (tertiary/aromatic N) is 1. The number of amides is 2. The quantitative estimate of drug-likeness (QED) is 0.534. The van der Waals surface area contributed by atoms with Crippen LogP contribution in [0, 0.1) is 5.92 Å². The molecule has 0 aliphatic heterocycles. The molecule has 2 aromatic carbocycles. The molecule has 3 rings (SSSR count). The summed E-state index contributed by atoms with van der Waals surface area (Å²) in [5.74, 6) is -0.116. The fourth-order valence-electron chi connectivity index (χ4n) is 3.09. The zero-order valence-corrected chi connectivity index (χ0v) is 16.5. The van der Waals surface area contributed by atoms with Gasteiger partial charge in [-0.05, 0) is 54.8 Å². The minimum Gasteiger partial charge on any atom is -0.326 e. The minimum absolute atomic E-state index is 0.0750. The van der Waals surface area contributed by atoms with E-state index in [4.69, 9.17) is 0 Å². The number of anilines is 1. The maximum atomic E-state index is 12.3. The first-order valence-corrected chi connectivity index (χ1v) is 9.91. The van der Waals surface area contributed by atoms with E-state index in [0.29, 0.717) is 11.3 Å². The molecule has 5 nitrogen and oxygen atoms in total. The van der Waals surface area contributed by atoms with Crippen LogP contribution < -0.4 is 10.7 Å². The molecule has 140 valence electrons. The van der Waals surface area contributed by atoms with Crippen molar-refractivity contribution in [2.24, 2.45) is 11.0 Å². The Labute approximate surface area is 167 Å². The molecular weight excluding hydrogens is 406 g/mol. The molecule has 2 aromatic rings. The lowest BCUT2D eigenvalue weighted by Crippen LogP contribution is -2.24. The molecule has 1 saturated carbocycles. The van der Waals surface area contributed by atoms with Crippen molar-refractivity contribution >= 4 is 39.6 Å². The average Bonchev–Trinajstić information content (AvgIpc) is 2.70. The predicted molar refractivity (Wildman–Crippen MR) is 111 cm³/mol. The second-order valence-corrected chi connectivity index (χ2v) is 7.57. The molecule has 6 heteroatoms. The van der Waals surface area contributed by atoms with Gasteiger partial charge in [-0.1, -0.05) is 47.3 Å². The molecule has 0 bridgehead atoms. The third kappa shape index (κ3) is 5.76. The lowest BCUT2D eigenvalue weighted by atomic mass is 9.88. The maximum absolute atomic E-state index is 12.3. The van der Waals surface area contributed by atoms with Gasteiger partial charge in [0.2, 0.25) is 5.91 Å². The number of halogens is 1. The van der Waals surface area contributed by atoms with Gasteiger partial charge in [-0.15, -0.1) is 0 Å². The average molecular weight is 428 g/mol. The van der Waals surface area contributed by atoms with Crippen LogP contribution in [-0.4, -0.2) is 18.0 Å². The zero-order valence-electron chi connectivity index (χ0n) is 15.0. The summed E-state index contributed by atoms with van der Waals surface area (Å²) in [5.41, 5.74) is 4.59. The van der Waals surface area contributed by atoms with E-state index in [9.17, 15) is 9.59 Å². The molecule has 0 radical (unpaired) electrons. The van der Waals surface area contributed by atoms with Crippen molar-refractivity contribution in [2.75, 3.05) is 5.32 Å². The third-order valence-electron chi connectivity index (χ3n) is 4.64. The highest BCUT2D eigenvalue weighted by Gasteiger charge is 2.21. The highest BCUT2D eigenvalue weighted by molar-refractivity contribution is 9.10. The van der Waals surface area contributed by atoms with Crippen molar-refractivity contribution in [1.82, 2.24) is 5.43 Å². The Hall–Kier alpha value is -2.47. The van der Waals surface area contributed by atoms with Gasteiger partial charge in [0.1, 0.15) is 0 Å². The second kappa shape index (κ2) is 9.46. The molecule has 0 atom stereocenters. The van der Waals surface area contributed by atoms with Crippen LogP contribution in [0.4, 0.5) is 5.69 Å². The smallest absolute Gasteiger partial charge is 0.271 e. The van der Waals surface area contributed by atoms with E-state index < -0.39 is 0 Å². The highest BCUT2D eigenvalue weighted by Crippen LogP contribution is 2.25. The fourth-order valence-corrected chi connectivity index (χ4v) is 3.36. The van der Waals surface area contributed by atoms with Gasteiger partial charge in [-0.2, -0.15) is 5.10 Å². The molecule has 1 fully saturated rings. The van der Waals surface area contributed by atoms with Crippen LogP contribution in [0.5, 0.6) is 0 Å². The SMILES string of the molecule is O=C(NN=Cc1ccc(Br)cc1)c1ccc(NC(=O)C2CCCCC2)cc1. The van der Waals surface area contributed by atoms with Crippen LogP contribution in [0.15, 0.2) is 58.1 Å². The number of carbonyl (C=O) groups is 2. The first kappa shape index (κ1) is 19.3. The summed E-state index contributed by atoms with van der Waals surface area (Å²) in [4.78, 5) is 24.4. The Morgan fingerprint density at radius 3 is 2.30 bits per heavy atom. The summed E-state index contributed by atoms with van der Waals surface area (Å²) >= 11 is 3.37. The van der Waals surface area contributed by atoms with E-state index in [1.165, 1.54) is 6.42 Å². The summed E-state index contributed by atoms with van der Waals surface area (Å²) < 4.78 is 0.986. The van der Waals surface area contributed by atoms with E-state index >= 15 is 0 Å². The van der Waals surface area contributed by atoms with Gasteiger partial charge < -0.3 is 5.32 Å². The van der Waals surface area contributed by atoms with E-state index in [0.717, 1.165) is 35.7 Å². The van der Waals surface area contributed by atoms with Crippen LogP contribution >= 0.6 is 15.9 Å². The Kier molecular flexibility index (Phi) is 6.76. The van der Waals surface area contributed by atoms with Crippen LogP contribution in [-0.2, 0) is 4.79 Å². The summed E-state index contributed by atoms with van der Waals surface area (Å²) in [6.07, 6.45) is 6.97. The Balaban J connectivity index is 1.52. The Morgan fingerprint density at radius 1 is 0.963 bits per heavy atom. The van der Waals surface area contributed by atoms with Crippen molar-refractivity contribution in [1.29, 1.82) is 0 Å². The largest absolute Gasteiger partial charge is 0.326 e. The molecule has 2 N–H and O–H groups in total. The number of hydrazone groups is 1. The number of nitrogens with one attached hydrogen (secondary N) is 2. The van der Waals surface area contributed by atoms with E-state index in [1.807, 2.05) is 24.3 Å². The standard InChI is InChI=1S/C21H22BrN3O2/c22-18-10-6-15(7-11-18)14-23-25-21(27)17-8-12-19(13-9-17)24-20(26)16-4-2-1-3-5-16/h6-14,16H,1-5H2,(H,24,26)(H,25,27). The van der Waals surface area contributed by atoms with E-state index in [2.05, 4.69) is 31.8 Å². The van der Waals surface area contributed by atoms with Crippen LogP contribution in [0.1, 0.15) is 48.0 Å². The highest BCUT2D eigenvalue weighted by atomic mass is 79.9. The number of carbonyl (C=O) groups excluding carboxylic acids is 2. The predicted octanol–water partition coefficient (Wildman–Crippen LogP) is 4.73. The lowest BCUT2D eigenvalue weighted by molar-refractivity contribution is -0.120. The molecule has 1 aliphatic carbocycles. The van der Waals surface area contributed by atoms with Crippen molar-refractivity contribution in [3.8, 4) is 0 Å². The maximum Gasteiger partial charge on any atom is 0.271 e. The number of hydrogen-bond acceptors (Lipinski definition) is 3. The summed E-state index contributed by atoms with van der Waals surface area (Å²) in [6, 6.07) is 14.4. The first-order valence-electron chi connectivity index (χ1n) is 9.12. The molecular formula is C21H22BrN3O2. The Bertz CT molecular complexity index is 810. The van der Waals surface area contributed by atoms with Gasteiger partial charge in [0.05, 0.1) is 6.21 Å². The molecule has 27 heavy (non-hydrogen) atoms. The molecule has 0 spiro atoms. The molecule has 0 saturated heterocycles. The Morgan fingerprint density at radius 2 is 1.63 bits per heavy atom. The van der Waals surface area contributed by atoms with Crippen LogP contribution in [0.3, 0.4) is 0 Å². The number of benzene rings is 2. The molecule has 0 aromatic heterocycles.